The summed E-state index contributed by atoms with van der Waals surface area (Å²) in [6.45, 7) is 0. The molecule has 28 heavy (non-hydrogen) atoms. The zero-order chi connectivity index (χ0) is 20.1. The van der Waals surface area contributed by atoms with Crippen LogP contribution in [0, 0.1) is 17.7 Å². The molecule has 0 unspecified atom stereocenters. The molecule has 0 bridgehead atoms. The summed E-state index contributed by atoms with van der Waals surface area (Å²) in [5.41, 5.74) is 0.420. The van der Waals surface area contributed by atoms with E-state index >= 15 is 0 Å². The lowest BCUT2D eigenvalue weighted by atomic mass is 9.89. The SMILES string of the molecule is CN(C)[C@@H]1C[C@H]2C[C@H]2C[C@H]1Nc1cc(F)c(S(=O)(=O)Nc2nccs2)cc1Cl. The fraction of sp³-hybridized carbons (Fsp3) is 0.500. The van der Waals surface area contributed by atoms with Gasteiger partial charge in [0.15, 0.2) is 5.13 Å². The fourth-order valence-electron chi connectivity index (χ4n) is 4.06. The van der Waals surface area contributed by atoms with Crippen molar-refractivity contribution in [1.82, 2.24) is 9.88 Å². The summed E-state index contributed by atoms with van der Waals surface area (Å²) in [6.07, 6.45) is 4.84. The van der Waals surface area contributed by atoms with E-state index in [1.54, 1.807) is 5.38 Å². The number of sulfonamides is 1. The molecule has 2 saturated carbocycles. The van der Waals surface area contributed by atoms with Crippen LogP contribution < -0.4 is 10.0 Å². The lowest BCUT2D eigenvalue weighted by Gasteiger charge is -2.37. The molecule has 1 heterocycles. The average Bonchev–Trinajstić information content (AvgIpc) is 3.20. The van der Waals surface area contributed by atoms with Gasteiger partial charge in [-0.05, 0) is 57.3 Å². The van der Waals surface area contributed by atoms with Crippen molar-refractivity contribution in [1.29, 1.82) is 0 Å². The number of nitrogens with one attached hydrogen (secondary N) is 2. The van der Waals surface area contributed by atoms with Gasteiger partial charge < -0.3 is 10.2 Å². The first-order valence-corrected chi connectivity index (χ1v) is 11.8. The number of thiazole rings is 1. The van der Waals surface area contributed by atoms with Crippen LogP contribution in [0.25, 0.3) is 0 Å². The topological polar surface area (TPSA) is 74.3 Å². The minimum atomic E-state index is -4.11. The van der Waals surface area contributed by atoms with Crippen LogP contribution in [0.4, 0.5) is 15.2 Å². The lowest BCUT2D eigenvalue weighted by molar-refractivity contribution is 0.204. The van der Waals surface area contributed by atoms with Crippen LogP contribution >= 0.6 is 22.9 Å². The first-order chi connectivity index (χ1) is 13.2. The van der Waals surface area contributed by atoms with Gasteiger partial charge in [0.2, 0.25) is 0 Å². The highest BCUT2D eigenvalue weighted by atomic mass is 35.5. The van der Waals surface area contributed by atoms with E-state index in [0.29, 0.717) is 11.7 Å². The number of aromatic nitrogens is 1. The molecule has 0 spiro atoms. The molecular weight excluding hydrogens is 423 g/mol. The quantitative estimate of drug-likeness (QED) is 0.707. The number of hydrogen-bond donors (Lipinski definition) is 2. The van der Waals surface area contributed by atoms with Crippen LogP contribution in [0.15, 0.2) is 28.6 Å². The Morgan fingerprint density at radius 1 is 1.25 bits per heavy atom. The van der Waals surface area contributed by atoms with Crippen molar-refractivity contribution in [3.63, 3.8) is 0 Å². The summed E-state index contributed by atoms with van der Waals surface area (Å²) in [4.78, 5) is 5.56. The first-order valence-electron chi connectivity index (χ1n) is 9.09. The van der Waals surface area contributed by atoms with Crippen molar-refractivity contribution in [3.05, 3.63) is 34.5 Å². The van der Waals surface area contributed by atoms with Gasteiger partial charge in [0.05, 0.1) is 10.7 Å². The van der Waals surface area contributed by atoms with Gasteiger partial charge >= 0.3 is 0 Å². The van der Waals surface area contributed by atoms with Crippen LogP contribution in [-0.2, 0) is 10.0 Å². The third-order valence-corrected chi connectivity index (χ3v) is 8.09. The maximum Gasteiger partial charge on any atom is 0.266 e. The van der Waals surface area contributed by atoms with Crippen molar-refractivity contribution in [2.24, 2.45) is 11.8 Å². The summed E-state index contributed by atoms with van der Waals surface area (Å²) < 4.78 is 42.0. The number of halogens is 2. The molecule has 1 aromatic heterocycles. The number of nitrogens with zero attached hydrogens (tertiary/aromatic N) is 2. The van der Waals surface area contributed by atoms with Gasteiger partial charge in [0.25, 0.3) is 10.0 Å². The molecule has 6 nitrogen and oxygen atoms in total. The first kappa shape index (κ1) is 19.9. The molecule has 10 heteroatoms. The van der Waals surface area contributed by atoms with E-state index in [0.717, 1.165) is 42.1 Å². The molecule has 1 aromatic carbocycles. The number of hydrogen-bond acceptors (Lipinski definition) is 6. The Balaban J connectivity index is 1.57. The standard InChI is InChI=1S/C18H22ClFN4O2S2/c1-24(2)16-7-11-5-10(11)6-15(16)22-14-9-13(20)17(8-12(14)19)28(25,26)23-18-21-3-4-27-18/h3-4,8-11,15-16,22H,5-7H2,1-2H3,(H,21,23)/t10-,11+,15+,16+/m0/s1. The van der Waals surface area contributed by atoms with Crippen LogP contribution in [0.2, 0.25) is 5.02 Å². The predicted molar refractivity (Wildman–Crippen MR) is 110 cm³/mol. The third kappa shape index (κ3) is 3.98. The van der Waals surface area contributed by atoms with Gasteiger partial charge in [-0.25, -0.2) is 17.8 Å². The molecule has 2 aromatic rings. The van der Waals surface area contributed by atoms with Crippen LogP contribution in [-0.4, -0.2) is 44.5 Å². The Bertz CT molecular complexity index is 968. The van der Waals surface area contributed by atoms with E-state index in [-0.39, 0.29) is 16.2 Å². The predicted octanol–water partition coefficient (Wildman–Crippen LogP) is 3.88. The second-order valence-electron chi connectivity index (χ2n) is 7.71. The number of fused-ring (bicyclic) bond motifs is 1. The molecule has 0 amide bonds. The summed E-state index contributed by atoms with van der Waals surface area (Å²) in [5.74, 6) is 0.666. The minimum Gasteiger partial charge on any atom is -0.379 e. The van der Waals surface area contributed by atoms with Gasteiger partial charge in [-0.15, -0.1) is 11.3 Å². The Hall–Kier alpha value is -1.42. The highest BCUT2D eigenvalue weighted by molar-refractivity contribution is 7.93. The highest BCUT2D eigenvalue weighted by Gasteiger charge is 2.47. The highest BCUT2D eigenvalue weighted by Crippen LogP contribution is 2.51. The summed E-state index contributed by atoms with van der Waals surface area (Å²) in [7, 11) is -0.0184. The molecule has 4 rings (SSSR count). The van der Waals surface area contributed by atoms with Crippen molar-refractivity contribution < 1.29 is 12.8 Å². The Morgan fingerprint density at radius 3 is 2.68 bits per heavy atom. The minimum absolute atomic E-state index is 0.145. The maximum absolute atomic E-state index is 14.7. The van der Waals surface area contributed by atoms with Gasteiger partial charge in [-0.3, -0.25) is 4.72 Å². The molecule has 4 atom stereocenters. The summed E-state index contributed by atoms with van der Waals surface area (Å²) >= 11 is 7.45. The van der Waals surface area contributed by atoms with Crippen LogP contribution in [0.5, 0.6) is 0 Å². The van der Waals surface area contributed by atoms with E-state index in [4.69, 9.17) is 11.6 Å². The van der Waals surface area contributed by atoms with Gasteiger partial charge in [0, 0.05) is 23.7 Å². The number of benzene rings is 1. The van der Waals surface area contributed by atoms with E-state index in [1.807, 2.05) is 14.1 Å². The van der Waals surface area contributed by atoms with Crippen molar-refractivity contribution >= 4 is 43.8 Å². The summed E-state index contributed by atoms with van der Waals surface area (Å²) in [5, 5.41) is 5.34. The monoisotopic (exact) mass is 444 g/mol. The van der Waals surface area contributed by atoms with Gasteiger partial charge in [-0.2, -0.15) is 0 Å². The molecule has 0 radical (unpaired) electrons. The van der Waals surface area contributed by atoms with E-state index < -0.39 is 20.7 Å². The third-order valence-electron chi connectivity index (χ3n) is 5.60. The molecular formula is C18H22ClFN4O2S2. The van der Waals surface area contributed by atoms with Crippen molar-refractivity contribution in [2.75, 3.05) is 24.1 Å². The second kappa shape index (κ2) is 7.44. The normalized spacial score (nSPS) is 26.8. The van der Waals surface area contributed by atoms with E-state index in [9.17, 15) is 12.8 Å². The zero-order valence-electron chi connectivity index (χ0n) is 15.5. The van der Waals surface area contributed by atoms with Crippen molar-refractivity contribution in [2.45, 2.75) is 36.2 Å². The molecule has 0 saturated heterocycles. The number of likely N-dealkylation sites (N-methyl/N-ethyl adjacent to an activating group) is 1. The van der Waals surface area contributed by atoms with Crippen molar-refractivity contribution in [3.8, 4) is 0 Å². The Labute approximate surface area is 173 Å². The van der Waals surface area contributed by atoms with E-state index in [1.165, 1.54) is 18.7 Å². The molecule has 152 valence electrons. The van der Waals surface area contributed by atoms with Crippen LogP contribution in [0.3, 0.4) is 0 Å². The van der Waals surface area contributed by atoms with E-state index in [2.05, 4.69) is 19.9 Å². The second-order valence-corrected chi connectivity index (χ2v) is 10.7. The number of anilines is 2. The molecule has 2 fully saturated rings. The number of rotatable bonds is 6. The summed E-state index contributed by atoms with van der Waals surface area (Å²) in [6, 6.07) is 2.80. The largest absolute Gasteiger partial charge is 0.379 e. The van der Waals surface area contributed by atoms with Gasteiger partial charge in [0.1, 0.15) is 10.7 Å². The average molecular weight is 445 g/mol. The molecule has 2 aliphatic carbocycles. The van der Waals surface area contributed by atoms with Crippen LogP contribution in [0.1, 0.15) is 19.3 Å². The molecule has 0 aliphatic heterocycles. The molecule has 2 aliphatic rings. The fourth-order valence-corrected chi connectivity index (χ4v) is 6.22. The Kier molecular flexibility index (Phi) is 5.28. The zero-order valence-corrected chi connectivity index (χ0v) is 17.9. The lowest BCUT2D eigenvalue weighted by Crippen LogP contribution is -2.46. The van der Waals surface area contributed by atoms with Gasteiger partial charge in [-0.1, -0.05) is 11.6 Å². The maximum atomic E-state index is 14.7. The smallest absolute Gasteiger partial charge is 0.266 e. The molecule has 2 N–H and O–H groups in total. The Morgan fingerprint density at radius 2 is 2.00 bits per heavy atom.